The third-order valence-corrected chi connectivity index (χ3v) is 9.45. The van der Waals surface area contributed by atoms with E-state index in [0.717, 1.165) is 72.8 Å². The van der Waals surface area contributed by atoms with Gasteiger partial charge >= 0.3 is 0 Å². The molecule has 1 N–H and O–H groups in total. The van der Waals surface area contributed by atoms with Crippen molar-refractivity contribution in [3.8, 4) is 22.5 Å². The molecule has 0 radical (unpaired) electrons. The van der Waals surface area contributed by atoms with Crippen LogP contribution in [0.2, 0.25) is 0 Å². The quantitative estimate of drug-likeness (QED) is 0.169. The molecule has 0 saturated heterocycles. The molecular formula is C36H42N4O3S. The summed E-state index contributed by atoms with van der Waals surface area (Å²) in [5.74, 6) is 0.652. The maximum Gasteiger partial charge on any atom is 0.239 e. The van der Waals surface area contributed by atoms with Gasteiger partial charge in [0.1, 0.15) is 0 Å². The fourth-order valence-electron chi connectivity index (χ4n) is 5.63. The monoisotopic (exact) mass is 610 g/mol. The first kappa shape index (κ1) is 31.4. The van der Waals surface area contributed by atoms with Crippen molar-refractivity contribution in [2.45, 2.75) is 71.0 Å². The molecule has 4 aromatic rings. The smallest absolute Gasteiger partial charge is 0.239 e. The summed E-state index contributed by atoms with van der Waals surface area (Å²) in [6, 6.07) is 25.9. The molecule has 0 spiro atoms. The summed E-state index contributed by atoms with van der Waals surface area (Å²) in [7, 11) is -3.70. The maximum absolute atomic E-state index is 12.3. The number of aromatic nitrogens is 2. The van der Waals surface area contributed by atoms with Crippen LogP contribution in [0.1, 0.15) is 73.8 Å². The van der Waals surface area contributed by atoms with E-state index in [9.17, 15) is 13.2 Å². The van der Waals surface area contributed by atoms with Gasteiger partial charge in [0.25, 0.3) is 0 Å². The van der Waals surface area contributed by atoms with Gasteiger partial charge in [0.15, 0.2) is 5.82 Å². The molecule has 1 unspecified atom stereocenters. The standard InChI is InChI=1S/C36H42N4O3S/c1-26-14-18-30(19-15-26)34-35(31-20-16-27(2)17-21-31)38-36-33(37-34)28(3)22-24-40(36)23-10-5-4-9-13-32(41)39-44(42,43)25-29-11-7-6-8-12-29/h6-8,11-12,14-21,28H,4-5,9-10,13,22-25H2,1-3H3,(H,39,41). The lowest BCUT2D eigenvalue weighted by Crippen LogP contribution is -2.33. The van der Waals surface area contributed by atoms with Gasteiger partial charge in [-0.25, -0.2) is 18.4 Å². The van der Waals surface area contributed by atoms with Crippen molar-refractivity contribution in [1.29, 1.82) is 0 Å². The zero-order valence-corrected chi connectivity index (χ0v) is 26.7. The SMILES string of the molecule is Cc1ccc(-c2nc3c(nc2-c2ccc(C)cc2)N(CCCCCCC(=O)NS(=O)(=O)Cc2ccccc2)CCC3C)cc1. The van der Waals surface area contributed by atoms with Gasteiger partial charge in [-0.2, -0.15) is 0 Å². The van der Waals surface area contributed by atoms with Crippen molar-refractivity contribution < 1.29 is 13.2 Å². The number of rotatable bonds is 12. The summed E-state index contributed by atoms with van der Waals surface area (Å²) in [6.07, 6.45) is 4.64. The maximum atomic E-state index is 12.3. The van der Waals surface area contributed by atoms with Gasteiger partial charge in [-0.15, -0.1) is 0 Å². The van der Waals surface area contributed by atoms with Crippen molar-refractivity contribution in [2.24, 2.45) is 0 Å². The summed E-state index contributed by atoms with van der Waals surface area (Å²) in [4.78, 5) is 25.2. The van der Waals surface area contributed by atoms with Gasteiger partial charge in [0.05, 0.1) is 22.8 Å². The molecule has 44 heavy (non-hydrogen) atoms. The first-order valence-electron chi connectivity index (χ1n) is 15.6. The lowest BCUT2D eigenvalue weighted by atomic mass is 9.96. The van der Waals surface area contributed by atoms with Gasteiger partial charge in [-0.3, -0.25) is 9.52 Å². The number of aryl methyl sites for hydroxylation is 2. The van der Waals surface area contributed by atoms with Crippen molar-refractivity contribution in [3.63, 3.8) is 0 Å². The number of carbonyl (C=O) groups excluding carboxylic acids is 1. The highest BCUT2D eigenvalue weighted by molar-refractivity contribution is 7.89. The van der Waals surface area contributed by atoms with Gasteiger partial charge in [-0.05, 0) is 38.7 Å². The first-order valence-corrected chi connectivity index (χ1v) is 17.2. The topological polar surface area (TPSA) is 92.3 Å². The number of carbonyl (C=O) groups is 1. The summed E-state index contributed by atoms with van der Waals surface area (Å²) in [5.41, 5.74) is 8.08. The third kappa shape index (κ3) is 8.11. The van der Waals surface area contributed by atoms with Crippen LogP contribution in [0.5, 0.6) is 0 Å². The zero-order chi connectivity index (χ0) is 31.1. The van der Waals surface area contributed by atoms with Crippen LogP contribution in [0.15, 0.2) is 78.9 Å². The Morgan fingerprint density at radius 2 is 1.41 bits per heavy atom. The molecular weight excluding hydrogens is 568 g/mol. The summed E-state index contributed by atoms with van der Waals surface area (Å²) in [6.45, 7) is 8.22. The lowest BCUT2D eigenvalue weighted by Gasteiger charge is -2.33. The van der Waals surface area contributed by atoms with E-state index in [4.69, 9.17) is 9.97 Å². The van der Waals surface area contributed by atoms with Crippen molar-refractivity contribution in [1.82, 2.24) is 14.7 Å². The first-order chi connectivity index (χ1) is 21.2. The molecule has 2 heterocycles. The Morgan fingerprint density at radius 1 is 0.818 bits per heavy atom. The highest BCUT2D eigenvalue weighted by Gasteiger charge is 2.28. The number of nitrogens with one attached hydrogen (secondary N) is 1. The molecule has 3 aromatic carbocycles. The fourth-order valence-corrected chi connectivity index (χ4v) is 6.79. The number of anilines is 1. The molecule has 1 atom stereocenters. The van der Waals surface area contributed by atoms with Crippen molar-refractivity contribution >= 4 is 21.7 Å². The van der Waals surface area contributed by atoms with Crippen LogP contribution in [0, 0.1) is 13.8 Å². The molecule has 0 fully saturated rings. The van der Waals surface area contributed by atoms with E-state index < -0.39 is 15.9 Å². The summed E-state index contributed by atoms with van der Waals surface area (Å²) in [5, 5.41) is 0. The summed E-state index contributed by atoms with van der Waals surface area (Å²) < 4.78 is 26.9. The Labute approximate surface area is 261 Å². The largest absolute Gasteiger partial charge is 0.355 e. The predicted octanol–water partition coefficient (Wildman–Crippen LogP) is 7.34. The molecule has 1 aromatic heterocycles. The van der Waals surface area contributed by atoms with E-state index >= 15 is 0 Å². The van der Waals surface area contributed by atoms with Crippen molar-refractivity contribution in [2.75, 3.05) is 18.0 Å². The summed E-state index contributed by atoms with van der Waals surface area (Å²) >= 11 is 0. The van der Waals surface area contributed by atoms with Gasteiger partial charge in [-0.1, -0.05) is 110 Å². The van der Waals surface area contributed by atoms with E-state index in [2.05, 4.69) is 78.9 Å². The number of amides is 1. The molecule has 1 aliphatic rings. The molecule has 0 saturated carbocycles. The van der Waals surface area contributed by atoms with E-state index in [1.165, 1.54) is 11.1 Å². The molecule has 7 nitrogen and oxygen atoms in total. The highest BCUT2D eigenvalue weighted by atomic mass is 32.2. The van der Waals surface area contributed by atoms with Gasteiger partial charge in [0, 0.05) is 36.6 Å². The average Bonchev–Trinajstić information content (AvgIpc) is 3.00. The second-order valence-electron chi connectivity index (χ2n) is 12.0. The van der Waals surface area contributed by atoms with E-state index in [1.54, 1.807) is 24.3 Å². The molecule has 0 bridgehead atoms. The number of fused-ring (bicyclic) bond motifs is 1. The average molecular weight is 611 g/mol. The Kier molecular flexibility index (Phi) is 10.1. The predicted molar refractivity (Wildman–Crippen MR) is 178 cm³/mol. The Morgan fingerprint density at radius 3 is 2.05 bits per heavy atom. The van der Waals surface area contributed by atoms with Crippen LogP contribution < -0.4 is 9.62 Å². The van der Waals surface area contributed by atoms with Crippen LogP contribution in [-0.2, 0) is 20.6 Å². The van der Waals surface area contributed by atoms with E-state index in [-0.39, 0.29) is 12.2 Å². The van der Waals surface area contributed by atoms with Crippen LogP contribution >= 0.6 is 0 Å². The highest BCUT2D eigenvalue weighted by Crippen LogP contribution is 2.38. The second-order valence-corrected chi connectivity index (χ2v) is 13.7. The number of hydrogen-bond acceptors (Lipinski definition) is 6. The van der Waals surface area contributed by atoms with Gasteiger partial charge in [0.2, 0.25) is 15.9 Å². The minimum Gasteiger partial charge on any atom is -0.355 e. The van der Waals surface area contributed by atoms with Crippen LogP contribution in [-0.4, -0.2) is 37.4 Å². The Balaban J connectivity index is 1.21. The molecule has 230 valence electrons. The Bertz CT molecular complexity index is 1670. The number of nitrogens with zero attached hydrogens (tertiary/aromatic N) is 3. The Hall–Kier alpha value is -4.04. The number of hydrogen-bond donors (Lipinski definition) is 1. The zero-order valence-electron chi connectivity index (χ0n) is 25.9. The van der Waals surface area contributed by atoms with E-state index in [0.29, 0.717) is 17.9 Å². The van der Waals surface area contributed by atoms with Gasteiger partial charge < -0.3 is 4.90 Å². The van der Waals surface area contributed by atoms with Crippen molar-refractivity contribution in [3.05, 3.63) is 101 Å². The minimum absolute atomic E-state index is 0.198. The third-order valence-electron chi connectivity index (χ3n) is 8.20. The molecule has 1 amide bonds. The minimum atomic E-state index is -3.70. The normalized spacial score (nSPS) is 14.7. The molecule has 1 aliphatic heterocycles. The number of sulfonamides is 1. The molecule has 5 rings (SSSR count). The second kappa shape index (κ2) is 14.2. The lowest BCUT2D eigenvalue weighted by molar-refractivity contribution is -0.119. The van der Waals surface area contributed by atoms with Crippen LogP contribution in [0.3, 0.4) is 0 Å². The van der Waals surface area contributed by atoms with Crippen LogP contribution in [0.4, 0.5) is 5.82 Å². The van der Waals surface area contributed by atoms with E-state index in [1.807, 2.05) is 6.07 Å². The fraction of sp³-hybridized carbons (Fsp3) is 0.361. The number of unbranched alkanes of at least 4 members (excludes halogenated alkanes) is 3. The van der Waals surface area contributed by atoms with Crippen LogP contribution in [0.25, 0.3) is 22.5 Å². The molecule has 0 aliphatic carbocycles. The molecule has 8 heteroatoms. The number of benzene rings is 3.